The zero-order valence-electron chi connectivity index (χ0n) is 6.74. The van der Waals surface area contributed by atoms with Gasteiger partial charge in [-0.05, 0) is 18.2 Å². The quantitative estimate of drug-likeness (QED) is 0.330. The minimum atomic E-state index is -1.36. The molecule has 3 nitrogen and oxygen atoms in total. The van der Waals surface area contributed by atoms with E-state index in [1.54, 1.807) is 12.1 Å². The van der Waals surface area contributed by atoms with Crippen molar-refractivity contribution in [2.45, 2.75) is 0 Å². The molecular formula is C7H4AgNaO3S. The van der Waals surface area contributed by atoms with Gasteiger partial charge in [0.15, 0.2) is 0 Å². The van der Waals surface area contributed by atoms with E-state index < -0.39 is 5.97 Å². The molecule has 0 saturated carbocycles. The second-order valence-electron chi connectivity index (χ2n) is 1.81. The number of hydrogen-bond acceptors (Lipinski definition) is 4. The van der Waals surface area contributed by atoms with Crippen LogP contribution in [-0.4, -0.2) is 5.97 Å². The molecule has 0 fully saturated rings. The van der Waals surface area contributed by atoms with E-state index in [4.69, 9.17) is 4.42 Å². The van der Waals surface area contributed by atoms with Crippen LogP contribution >= 0.6 is 0 Å². The molecule has 1 aromatic heterocycles. The largest absolute Gasteiger partial charge is 1.00 e. The van der Waals surface area contributed by atoms with Gasteiger partial charge in [0, 0.05) is 5.97 Å². The van der Waals surface area contributed by atoms with Gasteiger partial charge in [-0.3, -0.25) is 0 Å². The predicted molar refractivity (Wildman–Crippen MR) is 39.1 cm³/mol. The van der Waals surface area contributed by atoms with Gasteiger partial charge in [-0.25, -0.2) is 0 Å². The summed E-state index contributed by atoms with van der Waals surface area (Å²) in [6.07, 6.45) is 2.66. The van der Waals surface area contributed by atoms with Crippen molar-refractivity contribution in [3.05, 3.63) is 29.1 Å². The third-order valence-corrected chi connectivity index (χ3v) is 1.30. The van der Waals surface area contributed by atoms with Crippen molar-refractivity contribution in [3.8, 4) is 0 Å². The molecule has 1 heterocycles. The van der Waals surface area contributed by atoms with Gasteiger partial charge in [0.25, 0.3) is 0 Å². The number of carboxylic acid groups (broad SMARTS) is 1. The average molecular weight is 299 g/mol. The Morgan fingerprint density at radius 2 is 2.23 bits per heavy atom. The number of furan rings is 1. The van der Waals surface area contributed by atoms with Gasteiger partial charge in [-0.1, -0.05) is 0 Å². The summed E-state index contributed by atoms with van der Waals surface area (Å²) in [4.78, 5) is 9.84. The van der Waals surface area contributed by atoms with Crippen LogP contribution in [0.25, 0.3) is 6.08 Å². The number of hydrogen-bond donors (Lipinski definition) is 0. The molecule has 0 aliphatic heterocycles. The van der Waals surface area contributed by atoms with E-state index in [9.17, 15) is 9.90 Å². The molecule has 0 N–H and O–H groups in total. The predicted octanol–water partition coefficient (Wildman–Crippen LogP) is -3.08. The fourth-order valence-corrected chi connectivity index (χ4v) is 0.678. The molecule has 6 heteroatoms. The molecule has 0 spiro atoms. The minimum Gasteiger partial charge on any atom is -0.778 e. The Kier molecular flexibility index (Phi) is 9.56. The van der Waals surface area contributed by atoms with Gasteiger partial charge in [0.05, 0.1) is 6.26 Å². The van der Waals surface area contributed by atoms with Gasteiger partial charge in [-0.15, -0.1) is 4.91 Å². The Morgan fingerprint density at radius 3 is 2.62 bits per heavy atom. The van der Waals surface area contributed by atoms with Crippen LogP contribution in [-0.2, 0) is 39.8 Å². The monoisotopic (exact) mass is 298 g/mol. The van der Waals surface area contributed by atoms with Crippen LogP contribution in [0.3, 0.4) is 0 Å². The van der Waals surface area contributed by atoms with E-state index in [2.05, 4.69) is 12.6 Å². The zero-order chi connectivity index (χ0) is 8.27. The summed E-state index contributed by atoms with van der Waals surface area (Å²) in [7, 11) is 0. The van der Waals surface area contributed by atoms with Crippen LogP contribution < -0.4 is 34.7 Å². The fraction of sp³-hybridized carbons (Fsp3) is 0. The minimum absolute atomic E-state index is 0. The van der Waals surface area contributed by atoms with E-state index in [0.29, 0.717) is 5.76 Å². The van der Waals surface area contributed by atoms with Gasteiger partial charge >= 0.3 is 51.9 Å². The van der Waals surface area contributed by atoms with Crippen molar-refractivity contribution in [2.75, 3.05) is 0 Å². The van der Waals surface area contributed by atoms with Crippen LogP contribution in [0.4, 0.5) is 0 Å². The first-order chi connectivity index (χ1) is 5.20. The Morgan fingerprint density at radius 1 is 1.62 bits per heavy atom. The van der Waals surface area contributed by atoms with Crippen molar-refractivity contribution in [3.63, 3.8) is 0 Å². The average Bonchev–Trinajstić information content (AvgIpc) is 2.39. The van der Waals surface area contributed by atoms with Gasteiger partial charge in [0.1, 0.15) is 5.76 Å². The Hall–Kier alpha value is 0.450. The smallest absolute Gasteiger partial charge is 0.778 e. The van der Waals surface area contributed by atoms with E-state index in [0.717, 1.165) is 0 Å². The van der Waals surface area contributed by atoms with E-state index >= 15 is 0 Å². The summed E-state index contributed by atoms with van der Waals surface area (Å²) in [5.74, 6) is -0.949. The topological polar surface area (TPSA) is 53.3 Å². The number of carboxylic acids is 1. The molecule has 0 bridgehead atoms. The first-order valence-corrected chi connectivity index (χ1v) is 3.24. The summed E-state index contributed by atoms with van der Waals surface area (Å²) in [5.41, 5.74) is 0. The van der Waals surface area contributed by atoms with E-state index in [1.165, 1.54) is 12.3 Å². The van der Waals surface area contributed by atoms with Gasteiger partial charge in [-0.2, -0.15) is 0 Å². The third kappa shape index (κ3) is 5.70. The molecule has 13 heavy (non-hydrogen) atoms. The molecule has 0 radical (unpaired) electrons. The molecule has 0 aliphatic rings. The summed E-state index contributed by atoms with van der Waals surface area (Å²) in [5, 5.41) is 10.1. The Labute approximate surface area is 119 Å². The Bertz CT molecular complexity index is 284. The molecular weight excluding hydrogens is 295 g/mol. The molecule has 0 unspecified atom stereocenters. The molecule has 1 aromatic rings. The molecule has 0 aromatic carbocycles. The fourth-order valence-electron chi connectivity index (χ4n) is 0.562. The first kappa shape index (κ1) is 15.9. The Balaban J connectivity index is 0. The second kappa shape index (κ2) is 7.82. The molecule has 0 saturated heterocycles. The normalized spacial score (nSPS) is 9.69. The molecule has 0 aliphatic carbocycles. The van der Waals surface area contributed by atoms with Crippen LogP contribution in [0, 0.1) is 0 Å². The molecule has 1 rings (SSSR count). The van der Waals surface area contributed by atoms with Crippen molar-refractivity contribution in [1.82, 2.24) is 0 Å². The van der Waals surface area contributed by atoms with Crippen LogP contribution in [0.5, 0.6) is 0 Å². The SMILES string of the molecule is O=C([O-])/C([S-])=C/c1ccco1.[Ag+].[Na+]. The maximum Gasteiger partial charge on any atom is 1.00 e. The van der Waals surface area contributed by atoms with Gasteiger partial charge in [0.2, 0.25) is 0 Å². The second-order valence-corrected chi connectivity index (χ2v) is 2.25. The first-order valence-electron chi connectivity index (χ1n) is 2.83. The number of carbonyl (C=O) groups is 1. The molecule has 68 valence electrons. The summed E-state index contributed by atoms with van der Waals surface area (Å²) >= 11 is 4.45. The van der Waals surface area contributed by atoms with E-state index in [1.807, 2.05) is 0 Å². The number of aliphatic carboxylic acids is 1. The summed E-state index contributed by atoms with van der Waals surface area (Å²) < 4.78 is 4.82. The maximum atomic E-state index is 10.1. The van der Waals surface area contributed by atoms with Crippen molar-refractivity contribution >= 4 is 24.7 Å². The summed E-state index contributed by atoms with van der Waals surface area (Å²) in [6.45, 7) is 0. The summed E-state index contributed by atoms with van der Waals surface area (Å²) in [6, 6.07) is 3.25. The van der Waals surface area contributed by atoms with Crippen molar-refractivity contribution in [2.24, 2.45) is 0 Å². The van der Waals surface area contributed by atoms with Crippen LogP contribution in [0.15, 0.2) is 27.7 Å². The van der Waals surface area contributed by atoms with Crippen molar-refractivity contribution in [1.29, 1.82) is 0 Å². The number of carbonyl (C=O) groups excluding carboxylic acids is 1. The maximum absolute atomic E-state index is 10.1. The standard InChI is InChI=1S/C7H6O3S.Ag.Na/c8-7(9)6(11)4-5-2-1-3-10-5;;/h1-4,11H,(H,8,9);;/q;2*+1/p-2/b6-4-;;. The molecule has 0 atom stereocenters. The van der Waals surface area contributed by atoms with Gasteiger partial charge < -0.3 is 26.9 Å². The van der Waals surface area contributed by atoms with E-state index in [-0.39, 0.29) is 56.8 Å². The molecule has 0 amide bonds. The van der Waals surface area contributed by atoms with Crippen LogP contribution in [0.2, 0.25) is 0 Å². The van der Waals surface area contributed by atoms with Crippen molar-refractivity contribution < 1.29 is 66.3 Å². The zero-order valence-corrected chi connectivity index (χ0v) is 11.0. The third-order valence-electron chi connectivity index (χ3n) is 1.02. The van der Waals surface area contributed by atoms with Crippen LogP contribution in [0.1, 0.15) is 5.76 Å². The number of rotatable bonds is 2.